The Labute approximate surface area is 176 Å². The fourth-order valence-corrected chi connectivity index (χ4v) is 4.30. The third-order valence-electron chi connectivity index (χ3n) is 4.32. The molecule has 0 aliphatic heterocycles. The van der Waals surface area contributed by atoms with E-state index in [1.54, 1.807) is 58.3 Å². The van der Waals surface area contributed by atoms with Crippen molar-refractivity contribution in [2.75, 3.05) is 33.5 Å². The number of aryl methyl sites for hydroxylation is 1. The van der Waals surface area contributed by atoms with E-state index in [0.717, 1.165) is 21.0 Å². The normalized spacial score (nSPS) is 11.4. The maximum absolute atomic E-state index is 12.7. The first-order valence-corrected chi connectivity index (χ1v) is 11.0. The van der Waals surface area contributed by atoms with Crippen molar-refractivity contribution in [3.05, 3.63) is 53.1 Å². The van der Waals surface area contributed by atoms with Crippen molar-refractivity contribution in [2.24, 2.45) is 0 Å². The van der Waals surface area contributed by atoms with E-state index in [-0.39, 0.29) is 15.7 Å². The molecule has 2 aromatic carbocycles. The van der Waals surface area contributed by atoms with Gasteiger partial charge in [0.2, 0.25) is 10.0 Å². The number of anilines is 1. The molecule has 0 bridgehead atoms. The third kappa shape index (κ3) is 5.37. The summed E-state index contributed by atoms with van der Waals surface area (Å²) < 4.78 is 26.3. The molecule has 0 saturated carbocycles. The predicted molar refractivity (Wildman–Crippen MR) is 116 cm³/mol. The highest BCUT2D eigenvalue weighted by molar-refractivity contribution is 8.13. The van der Waals surface area contributed by atoms with Gasteiger partial charge in [0.05, 0.1) is 4.90 Å². The van der Waals surface area contributed by atoms with Gasteiger partial charge in [-0.15, -0.1) is 0 Å². The molecule has 2 amide bonds. The molecule has 0 heterocycles. The maximum Gasteiger partial charge on any atom is 0.285 e. The van der Waals surface area contributed by atoms with E-state index in [1.807, 2.05) is 0 Å². The summed E-state index contributed by atoms with van der Waals surface area (Å²) in [5, 5.41) is 2.67. The molecular weight excluding hydrogens is 410 g/mol. The number of nitrogens with one attached hydrogen (secondary N) is 1. The van der Waals surface area contributed by atoms with Crippen LogP contribution in [-0.2, 0) is 10.0 Å². The summed E-state index contributed by atoms with van der Waals surface area (Å²) in [6, 6.07) is 9.93. The number of nitrogens with zero attached hydrogens (tertiary/aromatic N) is 2. The van der Waals surface area contributed by atoms with Gasteiger partial charge in [-0.05, 0) is 73.1 Å². The van der Waals surface area contributed by atoms with Gasteiger partial charge in [0.25, 0.3) is 11.1 Å². The quantitative estimate of drug-likeness (QED) is 0.726. The number of carbonyl (C=O) groups is 2. The van der Waals surface area contributed by atoms with Gasteiger partial charge in [-0.2, -0.15) is 0 Å². The van der Waals surface area contributed by atoms with Gasteiger partial charge in [0, 0.05) is 44.3 Å². The Morgan fingerprint density at radius 3 is 2.07 bits per heavy atom. The van der Waals surface area contributed by atoms with Crippen LogP contribution in [0.25, 0.3) is 0 Å². The summed E-state index contributed by atoms with van der Waals surface area (Å²) in [6.45, 7) is 3.49. The molecule has 7 nitrogen and oxygen atoms in total. The van der Waals surface area contributed by atoms with E-state index in [4.69, 9.17) is 0 Å². The number of sulfonamides is 1. The first-order chi connectivity index (χ1) is 13.4. The SMILES string of the molecule is Cc1cc(C(=O)Nc2ccc(SC(=O)N(C)C)cc2)cc(S(=O)(=O)N(C)C)c1C. The molecule has 0 atom stereocenters. The van der Waals surface area contributed by atoms with Crippen LogP contribution in [-0.4, -0.2) is 57.0 Å². The molecule has 1 N–H and O–H groups in total. The lowest BCUT2D eigenvalue weighted by atomic mass is 10.1. The van der Waals surface area contributed by atoms with Crippen molar-refractivity contribution < 1.29 is 18.0 Å². The molecule has 0 saturated heterocycles. The first kappa shape index (κ1) is 22.9. The fraction of sp³-hybridized carbons (Fsp3) is 0.300. The van der Waals surface area contributed by atoms with Gasteiger partial charge < -0.3 is 10.2 Å². The van der Waals surface area contributed by atoms with Gasteiger partial charge >= 0.3 is 0 Å². The maximum atomic E-state index is 12.7. The zero-order chi connectivity index (χ0) is 21.9. The zero-order valence-corrected chi connectivity index (χ0v) is 18.9. The zero-order valence-electron chi connectivity index (χ0n) is 17.3. The van der Waals surface area contributed by atoms with E-state index in [0.29, 0.717) is 16.8 Å². The van der Waals surface area contributed by atoms with Crippen molar-refractivity contribution in [3.63, 3.8) is 0 Å². The Morgan fingerprint density at radius 2 is 1.55 bits per heavy atom. The van der Waals surface area contributed by atoms with Crippen molar-refractivity contribution in [1.29, 1.82) is 0 Å². The minimum Gasteiger partial charge on any atom is -0.339 e. The molecule has 0 aromatic heterocycles. The van der Waals surface area contributed by atoms with Crippen molar-refractivity contribution in [2.45, 2.75) is 23.6 Å². The Bertz CT molecular complexity index is 1030. The Balaban J connectivity index is 2.25. The number of rotatable bonds is 5. The molecule has 0 radical (unpaired) electrons. The molecule has 9 heteroatoms. The van der Waals surface area contributed by atoms with Gasteiger partial charge in [0.1, 0.15) is 0 Å². The molecule has 2 rings (SSSR count). The topological polar surface area (TPSA) is 86.8 Å². The van der Waals surface area contributed by atoms with Crippen molar-refractivity contribution >= 4 is 38.6 Å². The monoisotopic (exact) mass is 435 g/mol. The third-order valence-corrected chi connectivity index (χ3v) is 7.31. The van der Waals surface area contributed by atoms with Crippen LogP contribution in [0.5, 0.6) is 0 Å². The average Bonchev–Trinajstić information content (AvgIpc) is 2.64. The van der Waals surface area contributed by atoms with Gasteiger partial charge in [-0.25, -0.2) is 12.7 Å². The summed E-state index contributed by atoms with van der Waals surface area (Å²) in [7, 11) is 2.60. The van der Waals surface area contributed by atoms with E-state index in [2.05, 4.69) is 5.32 Å². The average molecular weight is 436 g/mol. The summed E-state index contributed by atoms with van der Waals surface area (Å²) in [4.78, 5) is 26.8. The second-order valence-electron chi connectivity index (χ2n) is 6.94. The number of carbonyl (C=O) groups excluding carboxylic acids is 2. The highest BCUT2D eigenvalue weighted by Gasteiger charge is 2.23. The van der Waals surface area contributed by atoms with E-state index >= 15 is 0 Å². The molecule has 0 aliphatic carbocycles. The van der Waals surface area contributed by atoms with Crippen LogP contribution in [0, 0.1) is 13.8 Å². The molecule has 156 valence electrons. The van der Waals surface area contributed by atoms with Crippen LogP contribution in [0.2, 0.25) is 0 Å². The van der Waals surface area contributed by atoms with Gasteiger partial charge in [0.15, 0.2) is 0 Å². The number of amides is 2. The second kappa shape index (κ2) is 8.98. The number of hydrogen-bond donors (Lipinski definition) is 1. The number of hydrogen-bond acceptors (Lipinski definition) is 5. The van der Waals surface area contributed by atoms with Crippen molar-refractivity contribution in [3.8, 4) is 0 Å². The molecular formula is C20H25N3O4S2. The minimum atomic E-state index is -3.67. The van der Waals surface area contributed by atoms with E-state index in [1.165, 1.54) is 25.1 Å². The van der Waals surface area contributed by atoms with Crippen molar-refractivity contribution in [1.82, 2.24) is 9.21 Å². The summed E-state index contributed by atoms with van der Waals surface area (Å²) in [5.41, 5.74) is 2.14. The lowest BCUT2D eigenvalue weighted by Crippen LogP contribution is -2.24. The summed E-state index contributed by atoms with van der Waals surface area (Å²) in [6.07, 6.45) is 0. The van der Waals surface area contributed by atoms with Crippen LogP contribution >= 0.6 is 11.8 Å². The Morgan fingerprint density at radius 1 is 0.966 bits per heavy atom. The lowest BCUT2D eigenvalue weighted by molar-refractivity contribution is 0.102. The van der Waals surface area contributed by atoms with Crippen LogP contribution in [0.4, 0.5) is 10.5 Å². The second-order valence-corrected chi connectivity index (χ2v) is 10.1. The first-order valence-electron chi connectivity index (χ1n) is 8.78. The molecule has 0 fully saturated rings. The van der Waals surface area contributed by atoms with Gasteiger partial charge in [-0.1, -0.05) is 0 Å². The fourth-order valence-electron chi connectivity index (χ4n) is 2.42. The Kier molecular flexibility index (Phi) is 7.10. The van der Waals surface area contributed by atoms with Crippen LogP contribution in [0.1, 0.15) is 21.5 Å². The molecule has 2 aromatic rings. The highest BCUT2D eigenvalue weighted by Crippen LogP contribution is 2.25. The number of thioether (sulfide) groups is 1. The molecule has 29 heavy (non-hydrogen) atoms. The van der Waals surface area contributed by atoms with Gasteiger partial charge in [-0.3, -0.25) is 9.59 Å². The Hall–Kier alpha value is -2.36. The summed E-state index contributed by atoms with van der Waals surface area (Å²) in [5.74, 6) is -0.409. The minimum absolute atomic E-state index is 0.0912. The van der Waals surface area contributed by atoms with Crippen LogP contribution in [0.15, 0.2) is 46.2 Å². The lowest BCUT2D eigenvalue weighted by Gasteiger charge is -2.16. The number of benzene rings is 2. The predicted octanol–water partition coefficient (Wildman–Crippen LogP) is 3.58. The molecule has 0 aliphatic rings. The summed E-state index contributed by atoms with van der Waals surface area (Å²) >= 11 is 1.09. The largest absolute Gasteiger partial charge is 0.339 e. The molecule has 0 spiro atoms. The highest BCUT2D eigenvalue weighted by atomic mass is 32.2. The smallest absolute Gasteiger partial charge is 0.285 e. The van der Waals surface area contributed by atoms with E-state index < -0.39 is 15.9 Å². The van der Waals surface area contributed by atoms with E-state index in [9.17, 15) is 18.0 Å². The van der Waals surface area contributed by atoms with Crippen LogP contribution in [0.3, 0.4) is 0 Å². The van der Waals surface area contributed by atoms with Crippen LogP contribution < -0.4 is 5.32 Å². The standard InChI is InChI=1S/C20H25N3O4S2/c1-13-11-15(12-18(14(13)2)29(26,27)23(5)6)19(24)21-16-7-9-17(10-8-16)28-20(25)22(3)4/h7-12H,1-6H3,(H,21,24). The molecule has 0 unspecified atom stereocenters.